The molecular formula is C17H25N3O3. The molecule has 1 aromatic rings. The van der Waals surface area contributed by atoms with E-state index in [4.69, 9.17) is 0 Å². The number of benzene rings is 1. The number of nitrogens with one attached hydrogen (secondary N) is 3. The lowest BCUT2D eigenvalue weighted by molar-refractivity contribution is -0.129. The summed E-state index contributed by atoms with van der Waals surface area (Å²) in [7, 11) is 0. The third-order valence-electron chi connectivity index (χ3n) is 3.37. The molecule has 0 aromatic heterocycles. The second kappa shape index (κ2) is 8.92. The zero-order valence-electron chi connectivity index (χ0n) is 14.1. The van der Waals surface area contributed by atoms with Crippen LogP contribution in [0.3, 0.4) is 0 Å². The maximum Gasteiger partial charge on any atom is 0.242 e. The third kappa shape index (κ3) is 6.50. The van der Waals surface area contributed by atoms with Crippen LogP contribution in [0.4, 0.5) is 0 Å². The standard InChI is InChI=1S/C17H25N3O3/c1-5-18-17(23)12(3)19-16(22)10-15(20-13(4)21)14-8-6-11(2)7-9-14/h6-9,12,15H,5,10H2,1-4H3,(H,18,23)(H,19,22)(H,20,21)/t12-,15-/m0/s1. The highest BCUT2D eigenvalue weighted by Crippen LogP contribution is 2.17. The van der Waals surface area contributed by atoms with Gasteiger partial charge in [0.15, 0.2) is 0 Å². The molecule has 1 aromatic carbocycles. The second-order valence-electron chi connectivity index (χ2n) is 5.55. The molecule has 0 radical (unpaired) electrons. The van der Waals surface area contributed by atoms with Crippen molar-refractivity contribution in [2.45, 2.75) is 46.2 Å². The topological polar surface area (TPSA) is 87.3 Å². The van der Waals surface area contributed by atoms with Crippen LogP contribution in [-0.4, -0.2) is 30.3 Å². The van der Waals surface area contributed by atoms with Gasteiger partial charge in [0.2, 0.25) is 17.7 Å². The number of amides is 3. The highest BCUT2D eigenvalue weighted by molar-refractivity contribution is 5.87. The first-order chi connectivity index (χ1) is 10.8. The second-order valence-corrected chi connectivity index (χ2v) is 5.55. The van der Waals surface area contributed by atoms with Gasteiger partial charge in [-0.1, -0.05) is 29.8 Å². The Morgan fingerprint density at radius 3 is 2.22 bits per heavy atom. The molecule has 0 aliphatic rings. The van der Waals surface area contributed by atoms with Crippen LogP contribution >= 0.6 is 0 Å². The van der Waals surface area contributed by atoms with E-state index in [0.717, 1.165) is 11.1 Å². The molecule has 2 atom stereocenters. The predicted octanol–water partition coefficient (Wildman–Crippen LogP) is 1.20. The Morgan fingerprint density at radius 1 is 1.09 bits per heavy atom. The zero-order valence-corrected chi connectivity index (χ0v) is 14.1. The minimum absolute atomic E-state index is 0.0758. The highest BCUT2D eigenvalue weighted by atomic mass is 16.2. The van der Waals surface area contributed by atoms with Gasteiger partial charge in [0.05, 0.1) is 12.5 Å². The lowest BCUT2D eigenvalue weighted by atomic mass is 10.0. The summed E-state index contributed by atoms with van der Waals surface area (Å²) in [5.41, 5.74) is 1.95. The first kappa shape index (κ1) is 18.7. The number of likely N-dealkylation sites (N-methyl/N-ethyl adjacent to an activating group) is 1. The van der Waals surface area contributed by atoms with Gasteiger partial charge >= 0.3 is 0 Å². The Balaban J connectivity index is 2.73. The van der Waals surface area contributed by atoms with Crippen molar-refractivity contribution in [2.75, 3.05) is 6.54 Å². The summed E-state index contributed by atoms with van der Waals surface area (Å²) in [6.45, 7) is 7.34. The largest absolute Gasteiger partial charge is 0.355 e. The van der Waals surface area contributed by atoms with Crippen LogP contribution < -0.4 is 16.0 Å². The van der Waals surface area contributed by atoms with Gasteiger partial charge in [-0.05, 0) is 26.3 Å². The van der Waals surface area contributed by atoms with Crippen molar-refractivity contribution in [1.82, 2.24) is 16.0 Å². The summed E-state index contributed by atoms with van der Waals surface area (Å²) in [4.78, 5) is 35.2. The average Bonchev–Trinajstić information content (AvgIpc) is 2.47. The summed E-state index contributed by atoms with van der Waals surface area (Å²) >= 11 is 0. The molecule has 6 nitrogen and oxygen atoms in total. The van der Waals surface area contributed by atoms with E-state index in [1.165, 1.54) is 6.92 Å². The van der Waals surface area contributed by atoms with Crippen LogP contribution in [0.15, 0.2) is 24.3 Å². The maximum atomic E-state index is 12.2. The van der Waals surface area contributed by atoms with Gasteiger partial charge in [0.25, 0.3) is 0 Å². The van der Waals surface area contributed by atoms with E-state index in [9.17, 15) is 14.4 Å². The molecule has 0 saturated heterocycles. The van der Waals surface area contributed by atoms with Crippen molar-refractivity contribution in [3.05, 3.63) is 35.4 Å². The quantitative estimate of drug-likeness (QED) is 0.706. The lowest BCUT2D eigenvalue weighted by Crippen LogP contribution is -2.45. The average molecular weight is 319 g/mol. The van der Waals surface area contributed by atoms with Crippen molar-refractivity contribution in [3.8, 4) is 0 Å². The Hall–Kier alpha value is -2.37. The molecule has 0 bridgehead atoms. The number of hydrogen-bond acceptors (Lipinski definition) is 3. The third-order valence-corrected chi connectivity index (χ3v) is 3.37. The smallest absolute Gasteiger partial charge is 0.242 e. The summed E-state index contributed by atoms with van der Waals surface area (Å²) < 4.78 is 0. The van der Waals surface area contributed by atoms with Gasteiger partial charge < -0.3 is 16.0 Å². The number of rotatable bonds is 7. The summed E-state index contributed by atoms with van der Waals surface area (Å²) in [5.74, 6) is -0.726. The van der Waals surface area contributed by atoms with E-state index in [1.807, 2.05) is 38.1 Å². The first-order valence-corrected chi connectivity index (χ1v) is 7.74. The van der Waals surface area contributed by atoms with Crippen LogP contribution in [0.5, 0.6) is 0 Å². The van der Waals surface area contributed by atoms with Gasteiger partial charge in [-0.3, -0.25) is 14.4 Å². The SMILES string of the molecule is CCNC(=O)[C@H](C)NC(=O)C[C@H](NC(C)=O)c1ccc(C)cc1. The van der Waals surface area contributed by atoms with E-state index >= 15 is 0 Å². The predicted molar refractivity (Wildman–Crippen MR) is 88.6 cm³/mol. The molecule has 0 aliphatic heterocycles. The van der Waals surface area contributed by atoms with E-state index in [1.54, 1.807) is 6.92 Å². The number of carbonyl (C=O) groups is 3. The first-order valence-electron chi connectivity index (χ1n) is 7.74. The van der Waals surface area contributed by atoms with Crippen molar-refractivity contribution in [3.63, 3.8) is 0 Å². The van der Waals surface area contributed by atoms with Crippen LogP contribution in [0.1, 0.15) is 44.4 Å². The highest BCUT2D eigenvalue weighted by Gasteiger charge is 2.20. The molecule has 0 spiro atoms. The number of hydrogen-bond donors (Lipinski definition) is 3. The fourth-order valence-corrected chi connectivity index (χ4v) is 2.18. The molecule has 3 amide bonds. The number of aryl methyl sites for hydroxylation is 1. The van der Waals surface area contributed by atoms with Gasteiger partial charge in [0, 0.05) is 13.5 Å². The molecule has 0 saturated carbocycles. The summed E-state index contributed by atoms with van der Waals surface area (Å²) in [5, 5.41) is 8.07. The van der Waals surface area contributed by atoms with Crippen molar-refractivity contribution < 1.29 is 14.4 Å². The molecule has 6 heteroatoms. The molecule has 1 rings (SSSR count). The normalized spacial score (nSPS) is 12.9. The fourth-order valence-electron chi connectivity index (χ4n) is 2.18. The minimum Gasteiger partial charge on any atom is -0.355 e. The molecule has 3 N–H and O–H groups in total. The molecule has 0 aliphatic carbocycles. The van der Waals surface area contributed by atoms with Crippen molar-refractivity contribution in [1.29, 1.82) is 0 Å². The van der Waals surface area contributed by atoms with Gasteiger partial charge in [-0.25, -0.2) is 0 Å². The van der Waals surface area contributed by atoms with E-state index in [-0.39, 0.29) is 24.1 Å². The monoisotopic (exact) mass is 319 g/mol. The van der Waals surface area contributed by atoms with Gasteiger partial charge in [-0.2, -0.15) is 0 Å². The molecule has 0 unspecified atom stereocenters. The molecule has 0 heterocycles. The minimum atomic E-state index is -0.613. The van der Waals surface area contributed by atoms with E-state index in [2.05, 4.69) is 16.0 Å². The Bertz CT molecular complexity index is 555. The van der Waals surface area contributed by atoms with Crippen LogP contribution in [0, 0.1) is 6.92 Å². The van der Waals surface area contributed by atoms with Gasteiger partial charge in [-0.15, -0.1) is 0 Å². The Morgan fingerprint density at radius 2 is 1.70 bits per heavy atom. The molecule has 126 valence electrons. The summed E-state index contributed by atoms with van der Waals surface area (Å²) in [6.07, 6.45) is 0.0758. The van der Waals surface area contributed by atoms with Crippen LogP contribution in [-0.2, 0) is 14.4 Å². The molecule has 23 heavy (non-hydrogen) atoms. The molecular weight excluding hydrogens is 294 g/mol. The Labute approximate surface area is 137 Å². The lowest BCUT2D eigenvalue weighted by Gasteiger charge is -2.20. The van der Waals surface area contributed by atoms with Crippen LogP contribution in [0.2, 0.25) is 0 Å². The van der Waals surface area contributed by atoms with E-state index in [0.29, 0.717) is 6.54 Å². The fraction of sp³-hybridized carbons (Fsp3) is 0.471. The van der Waals surface area contributed by atoms with Gasteiger partial charge in [0.1, 0.15) is 6.04 Å². The van der Waals surface area contributed by atoms with E-state index < -0.39 is 12.1 Å². The number of carbonyl (C=O) groups excluding carboxylic acids is 3. The van der Waals surface area contributed by atoms with Crippen molar-refractivity contribution >= 4 is 17.7 Å². The Kier molecular flexibility index (Phi) is 7.25. The maximum absolute atomic E-state index is 12.2. The van der Waals surface area contributed by atoms with Crippen molar-refractivity contribution in [2.24, 2.45) is 0 Å². The van der Waals surface area contributed by atoms with Crippen LogP contribution in [0.25, 0.3) is 0 Å². The zero-order chi connectivity index (χ0) is 17.4. The molecule has 0 fully saturated rings. The summed E-state index contributed by atoms with van der Waals surface area (Å²) in [6, 6.07) is 6.60.